The number of amides is 1. The minimum absolute atomic E-state index is 0.0241. The van der Waals surface area contributed by atoms with Crippen LogP contribution in [0, 0.1) is 5.92 Å². The highest BCUT2D eigenvalue weighted by molar-refractivity contribution is 5.86. The van der Waals surface area contributed by atoms with Gasteiger partial charge in [-0.25, -0.2) is 0 Å². The van der Waals surface area contributed by atoms with Gasteiger partial charge >= 0.3 is 5.97 Å². The smallest absolute Gasteiger partial charge is 0.308 e. The predicted octanol–water partition coefficient (Wildman–Crippen LogP) is 0.487. The molecule has 0 aromatic carbocycles. The topological polar surface area (TPSA) is 66.8 Å². The van der Waals surface area contributed by atoms with E-state index in [1.54, 1.807) is 4.90 Å². The van der Waals surface area contributed by atoms with E-state index in [1.807, 2.05) is 13.8 Å². The molecule has 0 aliphatic carbocycles. The fraction of sp³-hybridized carbons (Fsp3) is 0.818. The summed E-state index contributed by atoms with van der Waals surface area (Å²) in [6.45, 7) is 4.87. The van der Waals surface area contributed by atoms with Crippen molar-refractivity contribution in [3.63, 3.8) is 0 Å². The Morgan fingerprint density at radius 2 is 2.31 bits per heavy atom. The van der Waals surface area contributed by atoms with Gasteiger partial charge in [-0.15, -0.1) is 0 Å². The standard InChI is InChI=1S/C11H17NO4/c1-7-11(2,3-4-16-7)12-6-8(10(14)15)5-9(12)13/h7-8H,3-6H2,1-2H3,(H,14,15). The molecule has 5 heteroatoms. The maximum atomic E-state index is 11.8. The van der Waals surface area contributed by atoms with Crippen molar-refractivity contribution in [2.24, 2.45) is 5.92 Å². The first kappa shape index (κ1) is 11.4. The van der Waals surface area contributed by atoms with Crippen LogP contribution in [-0.2, 0) is 14.3 Å². The first-order chi connectivity index (χ1) is 7.45. The Bertz CT molecular complexity index is 330. The normalized spacial score (nSPS) is 39.4. The van der Waals surface area contributed by atoms with Crippen molar-refractivity contribution < 1.29 is 19.4 Å². The van der Waals surface area contributed by atoms with Crippen molar-refractivity contribution >= 4 is 11.9 Å². The van der Waals surface area contributed by atoms with E-state index in [9.17, 15) is 9.59 Å². The van der Waals surface area contributed by atoms with Crippen LogP contribution in [0.1, 0.15) is 26.7 Å². The third kappa shape index (κ3) is 1.59. The van der Waals surface area contributed by atoms with E-state index >= 15 is 0 Å². The molecule has 2 rings (SSSR count). The molecule has 0 radical (unpaired) electrons. The lowest BCUT2D eigenvalue weighted by Crippen LogP contribution is -2.51. The molecule has 0 aromatic heterocycles. The van der Waals surface area contributed by atoms with E-state index in [4.69, 9.17) is 9.84 Å². The van der Waals surface area contributed by atoms with Crippen LogP contribution in [0.15, 0.2) is 0 Å². The van der Waals surface area contributed by atoms with Crippen molar-refractivity contribution in [2.75, 3.05) is 13.2 Å². The third-order valence-corrected chi connectivity index (χ3v) is 3.94. The molecule has 2 aliphatic heterocycles. The summed E-state index contributed by atoms with van der Waals surface area (Å²) in [5.41, 5.74) is -0.332. The summed E-state index contributed by atoms with van der Waals surface area (Å²) in [4.78, 5) is 24.4. The summed E-state index contributed by atoms with van der Waals surface area (Å²) in [7, 11) is 0. The van der Waals surface area contributed by atoms with Crippen molar-refractivity contribution in [3.8, 4) is 0 Å². The Morgan fingerprint density at radius 3 is 2.75 bits per heavy atom. The minimum atomic E-state index is -0.883. The maximum absolute atomic E-state index is 11.8. The van der Waals surface area contributed by atoms with E-state index < -0.39 is 11.9 Å². The van der Waals surface area contributed by atoms with Crippen molar-refractivity contribution in [1.82, 2.24) is 4.90 Å². The monoisotopic (exact) mass is 227 g/mol. The molecule has 0 saturated carbocycles. The molecule has 2 aliphatic rings. The van der Waals surface area contributed by atoms with Gasteiger partial charge in [-0.1, -0.05) is 0 Å². The second kappa shape index (κ2) is 3.73. The maximum Gasteiger partial charge on any atom is 0.308 e. The molecule has 1 N–H and O–H groups in total. The Morgan fingerprint density at radius 1 is 1.62 bits per heavy atom. The van der Waals surface area contributed by atoms with Crippen LogP contribution in [0.5, 0.6) is 0 Å². The van der Waals surface area contributed by atoms with Crippen LogP contribution in [0.25, 0.3) is 0 Å². The van der Waals surface area contributed by atoms with Gasteiger partial charge in [-0.3, -0.25) is 9.59 Å². The van der Waals surface area contributed by atoms with Crippen LogP contribution in [0.4, 0.5) is 0 Å². The van der Waals surface area contributed by atoms with Gasteiger partial charge in [0.2, 0.25) is 5.91 Å². The van der Waals surface area contributed by atoms with Crippen LogP contribution in [0.3, 0.4) is 0 Å². The summed E-state index contributed by atoms with van der Waals surface area (Å²) in [6, 6.07) is 0. The number of aliphatic carboxylic acids is 1. The van der Waals surface area contributed by atoms with Crippen LogP contribution in [-0.4, -0.2) is 46.7 Å². The molecule has 0 spiro atoms. The number of carbonyl (C=O) groups excluding carboxylic acids is 1. The van der Waals surface area contributed by atoms with E-state index in [2.05, 4.69) is 0 Å². The summed E-state index contributed by atoms with van der Waals surface area (Å²) >= 11 is 0. The minimum Gasteiger partial charge on any atom is -0.481 e. The molecule has 2 fully saturated rings. The molecule has 90 valence electrons. The van der Waals surface area contributed by atoms with Crippen molar-refractivity contribution in [3.05, 3.63) is 0 Å². The number of rotatable bonds is 2. The first-order valence-electron chi connectivity index (χ1n) is 5.60. The quantitative estimate of drug-likeness (QED) is 0.745. The van der Waals surface area contributed by atoms with Crippen LogP contribution >= 0.6 is 0 Å². The zero-order valence-electron chi connectivity index (χ0n) is 9.60. The number of likely N-dealkylation sites (tertiary alicyclic amines) is 1. The molecule has 5 nitrogen and oxygen atoms in total. The van der Waals surface area contributed by atoms with Gasteiger partial charge in [0, 0.05) is 19.6 Å². The second-order valence-corrected chi connectivity index (χ2v) is 4.86. The summed E-state index contributed by atoms with van der Waals surface area (Å²) in [6.07, 6.45) is 0.883. The number of carboxylic acid groups (broad SMARTS) is 1. The van der Waals surface area contributed by atoms with Gasteiger partial charge < -0.3 is 14.7 Å². The molecule has 0 aromatic rings. The lowest BCUT2D eigenvalue weighted by atomic mass is 9.92. The van der Waals surface area contributed by atoms with Gasteiger partial charge in [-0.05, 0) is 20.3 Å². The number of hydrogen-bond acceptors (Lipinski definition) is 3. The van der Waals surface area contributed by atoms with Crippen LogP contribution in [0.2, 0.25) is 0 Å². The fourth-order valence-corrected chi connectivity index (χ4v) is 2.55. The Kier molecular flexibility index (Phi) is 2.66. The lowest BCUT2D eigenvalue weighted by Gasteiger charge is -2.37. The van der Waals surface area contributed by atoms with Gasteiger partial charge in [0.1, 0.15) is 0 Å². The average Bonchev–Trinajstić information content (AvgIpc) is 2.73. The molecule has 3 unspecified atom stereocenters. The Labute approximate surface area is 94.4 Å². The summed E-state index contributed by atoms with van der Waals surface area (Å²) in [5.74, 6) is -1.50. The van der Waals surface area contributed by atoms with E-state index in [-0.39, 0.29) is 24.0 Å². The third-order valence-electron chi connectivity index (χ3n) is 3.94. The SMILES string of the molecule is CC1OCCC1(C)N1CC(C(=O)O)CC1=O. The van der Waals surface area contributed by atoms with E-state index in [0.29, 0.717) is 13.2 Å². The van der Waals surface area contributed by atoms with Gasteiger partial charge in [0.25, 0.3) is 0 Å². The highest BCUT2D eigenvalue weighted by Crippen LogP contribution is 2.36. The number of hydrogen-bond donors (Lipinski definition) is 1. The zero-order valence-corrected chi connectivity index (χ0v) is 9.60. The molecule has 16 heavy (non-hydrogen) atoms. The number of ether oxygens (including phenoxy) is 1. The highest BCUT2D eigenvalue weighted by Gasteiger charge is 2.49. The van der Waals surface area contributed by atoms with E-state index in [1.165, 1.54) is 0 Å². The van der Waals surface area contributed by atoms with Crippen molar-refractivity contribution in [2.45, 2.75) is 38.3 Å². The first-order valence-corrected chi connectivity index (χ1v) is 5.60. The Balaban J connectivity index is 2.16. The molecular weight excluding hydrogens is 210 g/mol. The highest BCUT2D eigenvalue weighted by atomic mass is 16.5. The van der Waals surface area contributed by atoms with Crippen molar-refractivity contribution in [1.29, 1.82) is 0 Å². The number of nitrogens with zero attached hydrogens (tertiary/aromatic N) is 1. The average molecular weight is 227 g/mol. The molecule has 2 heterocycles. The van der Waals surface area contributed by atoms with Gasteiger partial charge in [0.15, 0.2) is 0 Å². The largest absolute Gasteiger partial charge is 0.481 e. The zero-order chi connectivity index (χ0) is 11.9. The van der Waals surface area contributed by atoms with Gasteiger partial charge in [-0.2, -0.15) is 0 Å². The molecule has 2 saturated heterocycles. The molecule has 0 bridgehead atoms. The van der Waals surface area contributed by atoms with E-state index in [0.717, 1.165) is 6.42 Å². The second-order valence-electron chi connectivity index (χ2n) is 4.86. The Hall–Kier alpha value is -1.10. The van der Waals surface area contributed by atoms with Crippen LogP contribution < -0.4 is 0 Å². The van der Waals surface area contributed by atoms with Gasteiger partial charge in [0.05, 0.1) is 17.6 Å². The number of carbonyl (C=O) groups is 2. The fourth-order valence-electron chi connectivity index (χ4n) is 2.55. The molecule has 3 atom stereocenters. The molecular formula is C11H17NO4. The predicted molar refractivity (Wildman–Crippen MR) is 55.9 cm³/mol. The number of carboxylic acids is 1. The lowest BCUT2D eigenvalue weighted by molar-refractivity contribution is -0.141. The summed E-state index contributed by atoms with van der Waals surface area (Å²) < 4.78 is 5.48. The summed E-state index contributed by atoms with van der Waals surface area (Å²) in [5, 5.41) is 8.93. The molecule has 1 amide bonds.